The standard InChI is InChI=1S/C20H19N3O3/c1-14(15-7-8-18-19(11-15)26-13-25-18)21-20(24)22-16-5-4-6-17(12-16)23-9-2-3-10-23/h2-12,14H,13H2,1H3,(H2,21,22,24). The fourth-order valence-corrected chi connectivity index (χ4v) is 2.88. The van der Waals surface area contributed by atoms with Crippen LogP contribution in [0.4, 0.5) is 10.5 Å². The van der Waals surface area contributed by atoms with Gasteiger partial charge in [0.1, 0.15) is 0 Å². The lowest BCUT2D eigenvalue weighted by atomic mass is 10.1. The molecule has 2 aromatic carbocycles. The molecule has 0 saturated carbocycles. The maximum Gasteiger partial charge on any atom is 0.319 e. The van der Waals surface area contributed by atoms with Crippen LogP contribution in [-0.2, 0) is 0 Å². The molecule has 0 radical (unpaired) electrons. The van der Waals surface area contributed by atoms with Gasteiger partial charge in [0.2, 0.25) is 6.79 Å². The number of carbonyl (C=O) groups is 1. The van der Waals surface area contributed by atoms with Gasteiger partial charge in [0.25, 0.3) is 0 Å². The van der Waals surface area contributed by atoms with E-state index in [2.05, 4.69) is 10.6 Å². The summed E-state index contributed by atoms with van der Waals surface area (Å²) in [6, 6.07) is 16.8. The van der Waals surface area contributed by atoms with Crippen LogP contribution in [-0.4, -0.2) is 17.4 Å². The van der Waals surface area contributed by atoms with E-state index in [0.717, 1.165) is 22.7 Å². The van der Waals surface area contributed by atoms with Crippen molar-refractivity contribution in [2.45, 2.75) is 13.0 Å². The second-order valence-electron chi connectivity index (χ2n) is 6.07. The number of benzene rings is 2. The summed E-state index contributed by atoms with van der Waals surface area (Å²) < 4.78 is 12.7. The number of aromatic nitrogens is 1. The first-order chi connectivity index (χ1) is 12.7. The predicted molar refractivity (Wildman–Crippen MR) is 98.9 cm³/mol. The fraction of sp³-hybridized carbons (Fsp3) is 0.150. The lowest BCUT2D eigenvalue weighted by Gasteiger charge is -2.16. The van der Waals surface area contributed by atoms with Crippen molar-refractivity contribution < 1.29 is 14.3 Å². The number of carbonyl (C=O) groups excluding carboxylic acids is 1. The van der Waals surface area contributed by atoms with E-state index in [1.807, 2.05) is 78.5 Å². The summed E-state index contributed by atoms with van der Waals surface area (Å²) in [5.74, 6) is 1.43. The van der Waals surface area contributed by atoms with Crippen LogP contribution in [0.2, 0.25) is 0 Å². The van der Waals surface area contributed by atoms with Gasteiger partial charge < -0.3 is 24.7 Å². The highest BCUT2D eigenvalue weighted by Gasteiger charge is 2.17. The molecule has 132 valence electrons. The molecule has 1 aliphatic rings. The van der Waals surface area contributed by atoms with E-state index >= 15 is 0 Å². The average molecular weight is 349 g/mol. The minimum atomic E-state index is -0.264. The second-order valence-corrected chi connectivity index (χ2v) is 6.07. The van der Waals surface area contributed by atoms with E-state index in [0.29, 0.717) is 5.75 Å². The largest absolute Gasteiger partial charge is 0.454 e. The number of nitrogens with one attached hydrogen (secondary N) is 2. The van der Waals surface area contributed by atoms with E-state index in [1.165, 1.54) is 0 Å². The molecular weight excluding hydrogens is 330 g/mol. The SMILES string of the molecule is CC(NC(=O)Nc1cccc(-n2cccc2)c1)c1ccc2c(c1)OCO2. The van der Waals surface area contributed by atoms with Gasteiger partial charge in [-0.05, 0) is 55.0 Å². The van der Waals surface area contributed by atoms with E-state index < -0.39 is 0 Å². The lowest BCUT2D eigenvalue weighted by molar-refractivity contribution is 0.174. The van der Waals surface area contributed by atoms with Crippen LogP contribution in [0.15, 0.2) is 67.0 Å². The third kappa shape index (κ3) is 3.35. The Morgan fingerprint density at radius 3 is 2.69 bits per heavy atom. The van der Waals surface area contributed by atoms with Gasteiger partial charge in [0.15, 0.2) is 11.5 Å². The maximum absolute atomic E-state index is 12.3. The van der Waals surface area contributed by atoms with Crippen LogP contribution in [0.5, 0.6) is 11.5 Å². The molecule has 0 fully saturated rings. The third-order valence-electron chi connectivity index (χ3n) is 4.25. The Kier molecular flexibility index (Phi) is 4.23. The van der Waals surface area contributed by atoms with Crippen LogP contribution in [0.1, 0.15) is 18.5 Å². The Bertz CT molecular complexity index is 922. The molecule has 2 N–H and O–H groups in total. The molecule has 4 rings (SSSR count). The molecular formula is C20H19N3O3. The van der Waals surface area contributed by atoms with Gasteiger partial charge in [-0.15, -0.1) is 0 Å². The van der Waals surface area contributed by atoms with Crippen LogP contribution < -0.4 is 20.1 Å². The number of hydrogen-bond acceptors (Lipinski definition) is 3. The molecule has 1 atom stereocenters. The summed E-state index contributed by atoms with van der Waals surface area (Å²) in [7, 11) is 0. The zero-order chi connectivity index (χ0) is 17.9. The highest BCUT2D eigenvalue weighted by molar-refractivity contribution is 5.89. The number of fused-ring (bicyclic) bond motifs is 1. The molecule has 6 nitrogen and oxygen atoms in total. The van der Waals surface area contributed by atoms with Crippen molar-refractivity contribution in [3.05, 3.63) is 72.6 Å². The van der Waals surface area contributed by atoms with Crippen molar-refractivity contribution in [3.63, 3.8) is 0 Å². The monoisotopic (exact) mass is 349 g/mol. The fourth-order valence-electron chi connectivity index (χ4n) is 2.88. The predicted octanol–water partition coefficient (Wildman–Crippen LogP) is 4.09. The number of urea groups is 1. The summed E-state index contributed by atoms with van der Waals surface area (Å²) in [5.41, 5.74) is 2.66. The Labute approximate surface area is 151 Å². The summed E-state index contributed by atoms with van der Waals surface area (Å²) in [6.07, 6.45) is 3.92. The van der Waals surface area contributed by atoms with Crippen LogP contribution >= 0.6 is 0 Å². The summed E-state index contributed by atoms with van der Waals surface area (Å²) >= 11 is 0. The summed E-state index contributed by atoms with van der Waals surface area (Å²) in [5, 5.41) is 5.81. The molecule has 0 spiro atoms. The zero-order valence-electron chi connectivity index (χ0n) is 14.3. The van der Waals surface area contributed by atoms with Crippen molar-refractivity contribution in [2.24, 2.45) is 0 Å². The first-order valence-corrected chi connectivity index (χ1v) is 8.39. The molecule has 2 amide bonds. The Morgan fingerprint density at radius 1 is 1.04 bits per heavy atom. The van der Waals surface area contributed by atoms with E-state index in [4.69, 9.17) is 9.47 Å². The Balaban J connectivity index is 1.41. The van der Waals surface area contributed by atoms with Crippen LogP contribution in [0.25, 0.3) is 5.69 Å². The molecule has 0 saturated heterocycles. The van der Waals surface area contributed by atoms with Crippen molar-refractivity contribution in [1.82, 2.24) is 9.88 Å². The van der Waals surface area contributed by atoms with Gasteiger partial charge in [0, 0.05) is 23.8 Å². The lowest BCUT2D eigenvalue weighted by Crippen LogP contribution is -2.31. The van der Waals surface area contributed by atoms with Gasteiger partial charge in [-0.3, -0.25) is 0 Å². The zero-order valence-corrected chi connectivity index (χ0v) is 14.3. The number of nitrogens with zero attached hydrogens (tertiary/aromatic N) is 1. The van der Waals surface area contributed by atoms with Crippen molar-refractivity contribution in [3.8, 4) is 17.2 Å². The molecule has 1 aromatic heterocycles. The number of hydrogen-bond donors (Lipinski definition) is 2. The highest BCUT2D eigenvalue weighted by Crippen LogP contribution is 2.34. The number of ether oxygens (including phenoxy) is 2. The summed E-state index contributed by atoms with van der Waals surface area (Å²) in [4.78, 5) is 12.3. The van der Waals surface area contributed by atoms with Crippen molar-refractivity contribution in [1.29, 1.82) is 0 Å². The molecule has 1 aliphatic heterocycles. The average Bonchev–Trinajstić information content (AvgIpc) is 3.33. The molecule has 0 aliphatic carbocycles. The first kappa shape index (κ1) is 16.1. The molecule has 6 heteroatoms. The van der Waals surface area contributed by atoms with E-state index in [-0.39, 0.29) is 18.9 Å². The van der Waals surface area contributed by atoms with E-state index in [1.54, 1.807) is 0 Å². The van der Waals surface area contributed by atoms with Gasteiger partial charge in [-0.1, -0.05) is 12.1 Å². The molecule has 3 aromatic rings. The quantitative estimate of drug-likeness (QED) is 0.746. The highest BCUT2D eigenvalue weighted by atomic mass is 16.7. The maximum atomic E-state index is 12.3. The molecule has 2 heterocycles. The minimum Gasteiger partial charge on any atom is -0.454 e. The minimum absolute atomic E-state index is 0.169. The van der Waals surface area contributed by atoms with Gasteiger partial charge in [-0.25, -0.2) is 4.79 Å². The first-order valence-electron chi connectivity index (χ1n) is 8.39. The molecule has 1 unspecified atom stereocenters. The Morgan fingerprint density at radius 2 is 1.85 bits per heavy atom. The molecule has 26 heavy (non-hydrogen) atoms. The van der Waals surface area contributed by atoms with Gasteiger partial charge in [-0.2, -0.15) is 0 Å². The molecule has 0 bridgehead atoms. The normalized spacial score (nSPS) is 13.3. The van der Waals surface area contributed by atoms with E-state index in [9.17, 15) is 4.79 Å². The number of anilines is 1. The smallest absolute Gasteiger partial charge is 0.319 e. The second kappa shape index (κ2) is 6.84. The van der Waals surface area contributed by atoms with Gasteiger partial charge >= 0.3 is 6.03 Å². The topological polar surface area (TPSA) is 64.5 Å². The van der Waals surface area contributed by atoms with Gasteiger partial charge in [0.05, 0.1) is 6.04 Å². The summed E-state index contributed by atoms with van der Waals surface area (Å²) in [6.45, 7) is 2.16. The third-order valence-corrected chi connectivity index (χ3v) is 4.25. The van der Waals surface area contributed by atoms with Crippen molar-refractivity contribution >= 4 is 11.7 Å². The van der Waals surface area contributed by atoms with Crippen LogP contribution in [0.3, 0.4) is 0 Å². The number of amides is 2. The Hall–Kier alpha value is -3.41. The van der Waals surface area contributed by atoms with Crippen molar-refractivity contribution in [2.75, 3.05) is 12.1 Å². The van der Waals surface area contributed by atoms with Crippen LogP contribution in [0, 0.1) is 0 Å². The number of rotatable bonds is 4.